The van der Waals surface area contributed by atoms with E-state index in [1.807, 2.05) is 36.4 Å². The van der Waals surface area contributed by atoms with Crippen LogP contribution in [0.1, 0.15) is 5.56 Å². The maximum atomic E-state index is 11.4. The van der Waals surface area contributed by atoms with Crippen LogP contribution in [0.3, 0.4) is 0 Å². The maximum Gasteiger partial charge on any atom is 0.185 e. The number of nitrogens with zero attached hydrogens (tertiary/aromatic N) is 4. The lowest BCUT2D eigenvalue weighted by Gasteiger charge is -2.11. The predicted octanol–water partition coefficient (Wildman–Crippen LogP) is 4.17. The molecule has 0 bridgehead atoms. The Kier molecular flexibility index (Phi) is 4.60. The van der Waals surface area contributed by atoms with E-state index in [0.717, 1.165) is 36.3 Å². The molecule has 0 radical (unpaired) electrons. The molecule has 4 rings (SSSR count). The third kappa shape index (κ3) is 3.30. The van der Waals surface area contributed by atoms with Gasteiger partial charge in [-0.25, -0.2) is 4.98 Å². The van der Waals surface area contributed by atoms with Gasteiger partial charge in [-0.2, -0.15) is 14.3 Å². The Bertz CT molecular complexity index is 1100. The molecule has 8 heteroatoms. The van der Waals surface area contributed by atoms with E-state index in [1.54, 1.807) is 23.0 Å². The molecular formula is C18H13Br2N5O. The van der Waals surface area contributed by atoms with Crippen LogP contribution in [-0.4, -0.2) is 14.6 Å². The minimum atomic E-state index is 0.495. The van der Waals surface area contributed by atoms with E-state index in [9.17, 15) is 5.21 Å². The highest BCUT2D eigenvalue weighted by atomic mass is 79.9. The normalized spacial score (nSPS) is 11.0. The summed E-state index contributed by atoms with van der Waals surface area (Å²) in [6.07, 6.45) is 4.72. The summed E-state index contributed by atoms with van der Waals surface area (Å²) in [5, 5.41) is 19.2. The molecule has 0 aliphatic rings. The SMILES string of the molecule is [O-][n+]1cccc(CNc2cc(-c3ccccc3Br)nc3c(Br)cnn23)c1. The molecule has 3 aromatic heterocycles. The van der Waals surface area contributed by atoms with Gasteiger partial charge in [0, 0.05) is 34.3 Å². The summed E-state index contributed by atoms with van der Waals surface area (Å²) in [4.78, 5) is 4.73. The fraction of sp³-hybridized carbons (Fsp3) is 0.0556. The van der Waals surface area contributed by atoms with Crippen molar-refractivity contribution < 1.29 is 4.73 Å². The molecule has 26 heavy (non-hydrogen) atoms. The van der Waals surface area contributed by atoms with Gasteiger partial charge in [0.05, 0.1) is 16.4 Å². The summed E-state index contributed by atoms with van der Waals surface area (Å²) in [5.41, 5.74) is 3.40. The van der Waals surface area contributed by atoms with Crippen molar-refractivity contribution in [2.75, 3.05) is 5.32 Å². The van der Waals surface area contributed by atoms with Crippen molar-refractivity contribution >= 4 is 43.3 Å². The highest BCUT2D eigenvalue weighted by molar-refractivity contribution is 9.11. The summed E-state index contributed by atoms with van der Waals surface area (Å²) >= 11 is 7.08. The molecule has 0 fully saturated rings. The first-order valence-corrected chi connectivity index (χ1v) is 9.41. The number of nitrogens with one attached hydrogen (secondary N) is 1. The van der Waals surface area contributed by atoms with Crippen molar-refractivity contribution in [2.24, 2.45) is 0 Å². The van der Waals surface area contributed by atoms with Crippen molar-refractivity contribution in [3.05, 3.63) is 80.8 Å². The van der Waals surface area contributed by atoms with Crippen LogP contribution in [-0.2, 0) is 6.54 Å². The molecule has 0 atom stereocenters. The number of fused-ring (bicyclic) bond motifs is 1. The number of rotatable bonds is 4. The van der Waals surface area contributed by atoms with Gasteiger partial charge in [0.25, 0.3) is 0 Å². The molecule has 6 nitrogen and oxygen atoms in total. The van der Waals surface area contributed by atoms with Crippen LogP contribution in [0.15, 0.2) is 70.0 Å². The second kappa shape index (κ2) is 7.05. The summed E-state index contributed by atoms with van der Waals surface area (Å²) < 4.78 is 4.30. The Morgan fingerprint density at radius 3 is 2.77 bits per heavy atom. The molecule has 0 saturated carbocycles. The first kappa shape index (κ1) is 17.0. The highest BCUT2D eigenvalue weighted by Crippen LogP contribution is 2.30. The van der Waals surface area contributed by atoms with Crippen LogP contribution in [0.2, 0.25) is 0 Å². The van der Waals surface area contributed by atoms with Gasteiger partial charge in [-0.1, -0.05) is 34.1 Å². The molecule has 0 unspecified atom stereocenters. The Morgan fingerprint density at radius 1 is 1.12 bits per heavy atom. The lowest BCUT2D eigenvalue weighted by molar-refractivity contribution is -0.605. The molecule has 0 aliphatic carbocycles. The van der Waals surface area contributed by atoms with E-state index in [1.165, 1.54) is 6.20 Å². The molecule has 0 spiro atoms. The molecule has 0 aliphatic heterocycles. The number of anilines is 1. The van der Waals surface area contributed by atoms with Gasteiger partial charge in [-0.3, -0.25) is 0 Å². The van der Waals surface area contributed by atoms with Crippen LogP contribution < -0.4 is 10.0 Å². The Morgan fingerprint density at radius 2 is 1.96 bits per heavy atom. The van der Waals surface area contributed by atoms with E-state index >= 15 is 0 Å². The van der Waals surface area contributed by atoms with Crippen LogP contribution in [0.25, 0.3) is 16.9 Å². The lowest BCUT2D eigenvalue weighted by atomic mass is 10.1. The molecule has 3 heterocycles. The third-order valence-electron chi connectivity index (χ3n) is 3.89. The number of hydrogen-bond donors (Lipinski definition) is 1. The molecule has 1 N–H and O–H groups in total. The Hall–Kier alpha value is -2.45. The molecule has 4 aromatic rings. The fourth-order valence-corrected chi connectivity index (χ4v) is 3.50. The topological polar surface area (TPSA) is 69.2 Å². The van der Waals surface area contributed by atoms with Crippen molar-refractivity contribution in [1.82, 2.24) is 14.6 Å². The van der Waals surface area contributed by atoms with Gasteiger partial charge < -0.3 is 10.5 Å². The number of benzene rings is 1. The van der Waals surface area contributed by atoms with E-state index < -0.39 is 0 Å². The molecule has 130 valence electrons. The number of hydrogen-bond acceptors (Lipinski definition) is 4. The predicted molar refractivity (Wildman–Crippen MR) is 107 cm³/mol. The zero-order chi connectivity index (χ0) is 18.1. The zero-order valence-electron chi connectivity index (χ0n) is 13.4. The monoisotopic (exact) mass is 473 g/mol. The van der Waals surface area contributed by atoms with Crippen LogP contribution in [0.5, 0.6) is 0 Å². The minimum absolute atomic E-state index is 0.495. The molecule has 1 aromatic carbocycles. The van der Waals surface area contributed by atoms with Gasteiger partial charge >= 0.3 is 0 Å². The van der Waals surface area contributed by atoms with Gasteiger partial charge in [-0.15, -0.1) is 0 Å². The van der Waals surface area contributed by atoms with Gasteiger partial charge in [0.2, 0.25) is 0 Å². The van der Waals surface area contributed by atoms with Crippen molar-refractivity contribution in [1.29, 1.82) is 0 Å². The lowest BCUT2D eigenvalue weighted by Crippen LogP contribution is -2.25. The molecule has 0 amide bonds. The summed E-state index contributed by atoms with van der Waals surface area (Å²) in [6, 6.07) is 13.5. The van der Waals surface area contributed by atoms with Gasteiger partial charge in [-0.05, 0) is 28.1 Å². The summed E-state index contributed by atoms with van der Waals surface area (Å²) in [6.45, 7) is 0.495. The second-order valence-electron chi connectivity index (χ2n) is 5.66. The standard InChI is InChI=1S/C18H13Br2N5O/c19-14-6-2-1-5-13(14)16-8-17(25-18(23-16)15(20)10-22-25)21-9-12-4-3-7-24(26)11-12/h1-8,10-11,21H,9H2. The fourth-order valence-electron chi connectivity index (χ4n) is 2.67. The van der Waals surface area contributed by atoms with Crippen LogP contribution >= 0.6 is 31.9 Å². The van der Waals surface area contributed by atoms with Crippen LogP contribution in [0.4, 0.5) is 5.82 Å². The largest absolute Gasteiger partial charge is 0.619 e. The third-order valence-corrected chi connectivity index (χ3v) is 5.14. The first-order chi connectivity index (χ1) is 12.6. The van der Waals surface area contributed by atoms with E-state index in [4.69, 9.17) is 4.98 Å². The van der Waals surface area contributed by atoms with Crippen molar-refractivity contribution in [3.8, 4) is 11.3 Å². The first-order valence-electron chi connectivity index (χ1n) is 7.82. The van der Waals surface area contributed by atoms with E-state index in [2.05, 4.69) is 42.3 Å². The Balaban J connectivity index is 1.77. The van der Waals surface area contributed by atoms with Gasteiger partial charge in [0.1, 0.15) is 5.82 Å². The maximum absolute atomic E-state index is 11.4. The number of pyridine rings is 1. The van der Waals surface area contributed by atoms with Crippen LogP contribution in [0, 0.1) is 5.21 Å². The zero-order valence-corrected chi connectivity index (χ0v) is 16.6. The average Bonchev–Trinajstić information content (AvgIpc) is 3.01. The number of aromatic nitrogens is 4. The van der Waals surface area contributed by atoms with E-state index in [-0.39, 0.29) is 0 Å². The number of halogens is 2. The smallest absolute Gasteiger partial charge is 0.185 e. The molecular weight excluding hydrogens is 462 g/mol. The quantitative estimate of drug-likeness (QED) is 0.356. The summed E-state index contributed by atoms with van der Waals surface area (Å²) in [7, 11) is 0. The van der Waals surface area contributed by atoms with Gasteiger partial charge in [0.15, 0.2) is 18.0 Å². The average molecular weight is 475 g/mol. The summed E-state index contributed by atoms with van der Waals surface area (Å²) in [5.74, 6) is 0.785. The molecule has 0 saturated heterocycles. The Labute approximate surface area is 166 Å². The minimum Gasteiger partial charge on any atom is -0.619 e. The highest BCUT2D eigenvalue weighted by Gasteiger charge is 2.13. The van der Waals surface area contributed by atoms with E-state index in [0.29, 0.717) is 12.2 Å². The van der Waals surface area contributed by atoms with Crippen molar-refractivity contribution in [2.45, 2.75) is 6.54 Å². The van der Waals surface area contributed by atoms with Crippen molar-refractivity contribution in [3.63, 3.8) is 0 Å². The second-order valence-corrected chi connectivity index (χ2v) is 7.37.